The molecule has 0 radical (unpaired) electrons. The van der Waals surface area contributed by atoms with Crippen molar-refractivity contribution in [3.63, 3.8) is 0 Å². The third-order valence-electron chi connectivity index (χ3n) is 4.38. The number of amides is 2. The number of hydrogen-bond acceptors (Lipinski definition) is 3. The maximum atomic E-state index is 13.0. The van der Waals surface area contributed by atoms with Gasteiger partial charge in [-0.3, -0.25) is 9.59 Å². The van der Waals surface area contributed by atoms with E-state index in [9.17, 15) is 9.59 Å². The molecular formula is C22H25Cl3N2O3. The highest BCUT2D eigenvalue weighted by atomic mass is 35.5. The third kappa shape index (κ3) is 7.38. The molecule has 0 saturated heterocycles. The molecule has 2 rings (SSSR count). The Hall–Kier alpha value is -1.95. The van der Waals surface area contributed by atoms with Gasteiger partial charge in [-0.05, 0) is 54.8 Å². The number of nitrogens with one attached hydrogen (secondary N) is 1. The van der Waals surface area contributed by atoms with Crippen LogP contribution in [0, 0.1) is 5.92 Å². The molecule has 8 heteroatoms. The van der Waals surface area contributed by atoms with Crippen molar-refractivity contribution in [3.8, 4) is 5.75 Å². The molecule has 1 N–H and O–H groups in total. The predicted molar refractivity (Wildman–Crippen MR) is 121 cm³/mol. The first-order valence-electron chi connectivity index (χ1n) is 9.57. The quantitative estimate of drug-likeness (QED) is 0.546. The average molecular weight is 472 g/mol. The molecule has 1 atom stereocenters. The molecule has 0 aromatic heterocycles. The first-order valence-corrected chi connectivity index (χ1v) is 10.7. The Morgan fingerprint density at radius 2 is 1.63 bits per heavy atom. The largest absolute Gasteiger partial charge is 0.484 e. The minimum absolute atomic E-state index is 0.148. The highest BCUT2D eigenvalue weighted by molar-refractivity contribution is 6.35. The van der Waals surface area contributed by atoms with E-state index in [1.54, 1.807) is 49.4 Å². The van der Waals surface area contributed by atoms with E-state index < -0.39 is 6.04 Å². The highest BCUT2D eigenvalue weighted by Crippen LogP contribution is 2.23. The smallest absolute Gasteiger partial charge is 0.261 e. The molecule has 0 bridgehead atoms. The second-order valence-corrected chi connectivity index (χ2v) is 8.60. The van der Waals surface area contributed by atoms with Gasteiger partial charge in [-0.2, -0.15) is 0 Å². The summed E-state index contributed by atoms with van der Waals surface area (Å²) in [4.78, 5) is 27.0. The first kappa shape index (κ1) is 24.3. The van der Waals surface area contributed by atoms with Gasteiger partial charge in [-0.15, -0.1) is 0 Å². The first-order chi connectivity index (χ1) is 14.2. The lowest BCUT2D eigenvalue weighted by Gasteiger charge is -2.29. The van der Waals surface area contributed by atoms with E-state index >= 15 is 0 Å². The zero-order valence-corrected chi connectivity index (χ0v) is 19.4. The Morgan fingerprint density at radius 1 is 1.00 bits per heavy atom. The van der Waals surface area contributed by atoms with Crippen molar-refractivity contribution in [2.75, 3.05) is 13.2 Å². The Morgan fingerprint density at radius 3 is 2.23 bits per heavy atom. The molecular weight excluding hydrogens is 447 g/mol. The molecule has 162 valence electrons. The fourth-order valence-corrected chi connectivity index (χ4v) is 3.22. The van der Waals surface area contributed by atoms with E-state index in [0.717, 1.165) is 0 Å². The number of carbonyl (C=O) groups is 2. The summed E-state index contributed by atoms with van der Waals surface area (Å²) < 4.78 is 5.58. The van der Waals surface area contributed by atoms with Crippen molar-refractivity contribution in [3.05, 3.63) is 63.1 Å². The Labute approximate surface area is 192 Å². The van der Waals surface area contributed by atoms with Gasteiger partial charge in [-0.1, -0.05) is 54.7 Å². The molecule has 0 unspecified atom stereocenters. The number of ether oxygens (including phenoxy) is 1. The van der Waals surface area contributed by atoms with Crippen LogP contribution < -0.4 is 10.1 Å². The number of nitrogens with zero attached hydrogens (tertiary/aromatic N) is 1. The summed E-state index contributed by atoms with van der Waals surface area (Å²) in [5.74, 6) is 0.218. The summed E-state index contributed by atoms with van der Waals surface area (Å²) >= 11 is 18.1. The maximum Gasteiger partial charge on any atom is 0.261 e. The molecule has 0 aliphatic rings. The summed E-state index contributed by atoms with van der Waals surface area (Å²) in [6.45, 7) is 6.13. The van der Waals surface area contributed by atoms with Crippen LogP contribution in [0.25, 0.3) is 0 Å². The number of carbonyl (C=O) groups excluding carboxylic acids is 2. The normalized spacial score (nSPS) is 11.8. The Kier molecular flexibility index (Phi) is 9.28. The molecule has 2 aromatic rings. The molecule has 0 spiro atoms. The third-order valence-corrected chi connectivity index (χ3v) is 5.22. The summed E-state index contributed by atoms with van der Waals surface area (Å²) in [7, 11) is 0. The van der Waals surface area contributed by atoms with Crippen molar-refractivity contribution in [1.29, 1.82) is 0 Å². The lowest BCUT2D eigenvalue weighted by molar-refractivity contribution is -0.142. The van der Waals surface area contributed by atoms with Gasteiger partial charge in [0.15, 0.2) is 6.61 Å². The van der Waals surface area contributed by atoms with E-state index in [2.05, 4.69) is 5.32 Å². The van der Waals surface area contributed by atoms with Gasteiger partial charge >= 0.3 is 0 Å². The molecule has 0 saturated carbocycles. The minimum Gasteiger partial charge on any atom is -0.484 e. The zero-order chi connectivity index (χ0) is 22.3. The summed E-state index contributed by atoms with van der Waals surface area (Å²) in [6, 6.07) is 11.0. The molecule has 30 heavy (non-hydrogen) atoms. The van der Waals surface area contributed by atoms with Crippen LogP contribution in [0.4, 0.5) is 0 Å². The number of benzene rings is 2. The van der Waals surface area contributed by atoms with Gasteiger partial charge in [0.2, 0.25) is 5.91 Å². The lowest BCUT2D eigenvalue weighted by atomic mass is 10.1. The highest BCUT2D eigenvalue weighted by Gasteiger charge is 2.27. The van der Waals surface area contributed by atoms with Gasteiger partial charge in [0, 0.05) is 28.2 Å². The predicted octanol–water partition coefficient (Wildman–Crippen LogP) is 5.22. The molecule has 0 aliphatic heterocycles. The Bertz CT molecular complexity index is 872. The second-order valence-electron chi connectivity index (χ2n) is 7.31. The van der Waals surface area contributed by atoms with E-state index in [-0.39, 0.29) is 25.0 Å². The van der Waals surface area contributed by atoms with Crippen LogP contribution in [0.15, 0.2) is 42.5 Å². The topological polar surface area (TPSA) is 58.6 Å². The second kappa shape index (κ2) is 11.4. The van der Waals surface area contributed by atoms with Crippen LogP contribution in [0.1, 0.15) is 26.3 Å². The van der Waals surface area contributed by atoms with Crippen molar-refractivity contribution in [2.24, 2.45) is 5.92 Å². The number of hydrogen-bond donors (Lipinski definition) is 1. The van der Waals surface area contributed by atoms with Crippen LogP contribution in [0.2, 0.25) is 15.1 Å². The summed E-state index contributed by atoms with van der Waals surface area (Å²) in [5.41, 5.74) is 0.685. The monoisotopic (exact) mass is 470 g/mol. The maximum absolute atomic E-state index is 13.0. The van der Waals surface area contributed by atoms with Crippen LogP contribution in [0.5, 0.6) is 5.75 Å². The molecule has 2 aromatic carbocycles. The van der Waals surface area contributed by atoms with E-state index in [0.29, 0.717) is 38.8 Å². The van der Waals surface area contributed by atoms with Crippen LogP contribution in [0.3, 0.4) is 0 Å². The fraction of sp³-hybridized carbons (Fsp3) is 0.364. The van der Waals surface area contributed by atoms with Gasteiger partial charge < -0.3 is 15.0 Å². The Balaban J connectivity index is 2.16. The van der Waals surface area contributed by atoms with E-state index in [4.69, 9.17) is 39.5 Å². The van der Waals surface area contributed by atoms with Crippen molar-refractivity contribution < 1.29 is 14.3 Å². The molecule has 5 nitrogen and oxygen atoms in total. The zero-order valence-electron chi connectivity index (χ0n) is 17.1. The molecule has 0 fully saturated rings. The van der Waals surface area contributed by atoms with Gasteiger partial charge in [0.05, 0.1) is 0 Å². The SMILES string of the molecule is CC(C)CNC(=O)[C@@H](C)N(Cc1ccc(Cl)cc1Cl)C(=O)COc1ccc(Cl)cc1. The van der Waals surface area contributed by atoms with Gasteiger partial charge in [-0.25, -0.2) is 0 Å². The number of halogens is 3. The number of rotatable bonds is 9. The average Bonchev–Trinajstić information content (AvgIpc) is 2.70. The van der Waals surface area contributed by atoms with Crippen LogP contribution in [-0.4, -0.2) is 35.9 Å². The molecule has 0 heterocycles. The molecule has 0 aliphatic carbocycles. The fourth-order valence-electron chi connectivity index (χ4n) is 2.63. The van der Waals surface area contributed by atoms with Crippen molar-refractivity contribution in [2.45, 2.75) is 33.4 Å². The summed E-state index contributed by atoms with van der Waals surface area (Å²) in [6.07, 6.45) is 0. The van der Waals surface area contributed by atoms with Gasteiger partial charge in [0.1, 0.15) is 11.8 Å². The minimum atomic E-state index is -0.711. The standard InChI is InChI=1S/C22H25Cl3N2O3/c1-14(2)11-26-22(29)15(3)27(12-16-4-5-18(24)10-20(16)25)21(28)13-30-19-8-6-17(23)7-9-19/h4-10,14-15H,11-13H2,1-3H3,(H,26,29)/t15-/m1/s1. The molecule has 2 amide bonds. The van der Waals surface area contributed by atoms with E-state index in [1.807, 2.05) is 13.8 Å². The summed E-state index contributed by atoms with van der Waals surface area (Å²) in [5, 5.41) is 4.36. The van der Waals surface area contributed by atoms with Gasteiger partial charge in [0.25, 0.3) is 5.91 Å². The van der Waals surface area contributed by atoms with E-state index in [1.165, 1.54) is 4.90 Å². The lowest BCUT2D eigenvalue weighted by Crippen LogP contribution is -2.49. The van der Waals surface area contributed by atoms with Crippen LogP contribution in [-0.2, 0) is 16.1 Å². The van der Waals surface area contributed by atoms with Crippen molar-refractivity contribution in [1.82, 2.24) is 10.2 Å². The van der Waals surface area contributed by atoms with Crippen LogP contribution >= 0.6 is 34.8 Å². The van der Waals surface area contributed by atoms with Crippen molar-refractivity contribution >= 4 is 46.6 Å².